The Kier molecular flexibility index (Phi) is 6.56. The van der Waals surface area contributed by atoms with Gasteiger partial charge in [0.05, 0.1) is 7.11 Å². The largest absolute Gasteiger partial charge is 0.467 e. The average Bonchev–Trinajstić information content (AvgIpc) is 2.44. The summed E-state index contributed by atoms with van der Waals surface area (Å²) in [5, 5.41) is 5.28. The summed E-state index contributed by atoms with van der Waals surface area (Å²) in [4.78, 5) is 35.0. The monoisotopic (exact) mass is 306 g/mol. The molecule has 6 nitrogen and oxygen atoms in total. The third-order valence-corrected chi connectivity index (χ3v) is 2.94. The van der Waals surface area contributed by atoms with Crippen LogP contribution in [-0.4, -0.2) is 30.9 Å². The maximum Gasteiger partial charge on any atom is 0.328 e. The highest BCUT2D eigenvalue weighted by Gasteiger charge is 2.23. The molecule has 0 unspecified atom stereocenters. The lowest BCUT2D eigenvalue weighted by molar-refractivity contribution is -0.143. The van der Waals surface area contributed by atoms with Crippen LogP contribution in [0.2, 0.25) is 0 Å². The highest BCUT2D eigenvalue weighted by Crippen LogP contribution is 2.12. The van der Waals surface area contributed by atoms with Crippen LogP contribution in [0.15, 0.2) is 24.3 Å². The molecule has 0 radical (unpaired) electrons. The Balaban J connectivity index is 2.85. The van der Waals surface area contributed by atoms with Gasteiger partial charge in [0.1, 0.15) is 6.04 Å². The predicted octanol–water partition coefficient (Wildman–Crippen LogP) is 1.96. The van der Waals surface area contributed by atoms with Crippen molar-refractivity contribution in [3.8, 4) is 0 Å². The zero-order valence-electron chi connectivity index (χ0n) is 13.3. The number of methoxy groups -OCH3 is 1. The molecule has 1 atom stereocenters. The summed E-state index contributed by atoms with van der Waals surface area (Å²) in [6.45, 7) is 5.31. The van der Waals surface area contributed by atoms with E-state index in [9.17, 15) is 14.4 Å². The van der Waals surface area contributed by atoms with Crippen molar-refractivity contribution in [1.82, 2.24) is 5.32 Å². The summed E-state index contributed by atoms with van der Waals surface area (Å²) in [5.74, 6) is -0.844. The van der Waals surface area contributed by atoms with Gasteiger partial charge in [0.15, 0.2) is 0 Å². The van der Waals surface area contributed by atoms with Gasteiger partial charge in [-0.1, -0.05) is 19.9 Å². The molecule has 0 fully saturated rings. The van der Waals surface area contributed by atoms with E-state index in [1.807, 2.05) is 13.8 Å². The number of carbonyl (C=O) groups excluding carboxylic acids is 3. The Bertz CT molecular complexity index is 555. The summed E-state index contributed by atoms with van der Waals surface area (Å²) >= 11 is 0. The van der Waals surface area contributed by atoms with Crippen LogP contribution in [0.25, 0.3) is 0 Å². The molecule has 0 saturated carbocycles. The van der Waals surface area contributed by atoms with E-state index in [-0.39, 0.29) is 17.7 Å². The van der Waals surface area contributed by atoms with Crippen LogP contribution in [0.3, 0.4) is 0 Å². The lowest BCUT2D eigenvalue weighted by Gasteiger charge is -2.18. The molecular formula is C16H22N2O4. The van der Waals surface area contributed by atoms with Gasteiger partial charge in [-0.05, 0) is 30.5 Å². The standard InChI is InChI=1S/C16H22N2O4/c1-10(2)8-14(16(21)22-4)18-15(20)12-6-5-7-13(9-12)17-11(3)19/h5-7,9-10,14H,8H2,1-4H3,(H,17,19)(H,18,20)/t14-/m0/s1. The molecular weight excluding hydrogens is 284 g/mol. The minimum atomic E-state index is -0.693. The molecule has 6 heteroatoms. The molecule has 0 aliphatic carbocycles. The van der Waals surface area contributed by atoms with Crippen molar-refractivity contribution in [2.75, 3.05) is 12.4 Å². The molecule has 1 aromatic carbocycles. The molecule has 1 aromatic rings. The summed E-state index contributed by atoms with van der Waals surface area (Å²) in [5.41, 5.74) is 0.891. The van der Waals surface area contributed by atoms with Crippen LogP contribution in [0.5, 0.6) is 0 Å². The Morgan fingerprint density at radius 1 is 1.23 bits per heavy atom. The molecule has 2 N–H and O–H groups in total. The number of amides is 2. The molecule has 0 aliphatic rings. The lowest BCUT2D eigenvalue weighted by Crippen LogP contribution is -2.42. The van der Waals surface area contributed by atoms with E-state index in [0.717, 1.165) is 0 Å². The van der Waals surface area contributed by atoms with Crippen LogP contribution in [0.1, 0.15) is 37.6 Å². The maximum absolute atomic E-state index is 12.3. The van der Waals surface area contributed by atoms with E-state index in [4.69, 9.17) is 4.74 Å². The minimum absolute atomic E-state index is 0.218. The van der Waals surface area contributed by atoms with Crippen molar-refractivity contribution >= 4 is 23.5 Å². The number of carbonyl (C=O) groups is 3. The molecule has 2 amide bonds. The highest BCUT2D eigenvalue weighted by molar-refractivity contribution is 5.98. The fraction of sp³-hybridized carbons (Fsp3) is 0.438. The fourth-order valence-corrected chi connectivity index (χ4v) is 2.01. The predicted molar refractivity (Wildman–Crippen MR) is 83.5 cm³/mol. The van der Waals surface area contributed by atoms with E-state index < -0.39 is 12.0 Å². The number of benzene rings is 1. The molecule has 0 saturated heterocycles. The molecule has 22 heavy (non-hydrogen) atoms. The van der Waals surface area contributed by atoms with E-state index in [1.165, 1.54) is 14.0 Å². The molecule has 0 bridgehead atoms. The minimum Gasteiger partial charge on any atom is -0.467 e. The van der Waals surface area contributed by atoms with Crippen LogP contribution in [-0.2, 0) is 14.3 Å². The summed E-state index contributed by atoms with van der Waals surface area (Å²) in [7, 11) is 1.29. The fourth-order valence-electron chi connectivity index (χ4n) is 2.01. The van der Waals surface area contributed by atoms with Gasteiger partial charge in [0, 0.05) is 18.2 Å². The Morgan fingerprint density at radius 2 is 1.91 bits per heavy atom. The van der Waals surface area contributed by atoms with Gasteiger partial charge < -0.3 is 15.4 Å². The topological polar surface area (TPSA) is 84.5 Å². The van der Waals surface area contributed by atoms with Crippen molar-refractivity contribution in [1.29, 1.82) is 0 Å². The number of hydrogen-bond donors (Lipinski definition) is 2. The van der Waals surface area contributed by atoms with Crippen LogP contribution in [0.4, 0.5) is 5.69 Å². The Morgan fingerprint density at radius 3 is 2.45 bits per heavy atom. The summed E-state index contributed by atoms with van der Waals surface area (Å²) < 4.78 is 4.72. The number of hydrogen-bond acceptors (Lipinski definition) is 4. The van der Waals surface area contributed by atoms with Gasteiger partial charge >= 0.3 is 5.97 Å². The second kappa shape index (κ2) is 8.17. The van der Waals surface area contributed by atoms with Crippen LogP contribution < -0.4 is 10.6 Å². The average molecular weight is 306 g/mol. The highest BCUT2D eigenvalue weighted by atomic mass is 16.5. The normalized spacial score (nSPS) is 11.7. The lowest BCUT2D eigenvalue weighted by atomic mass is 10.0. The molecule has 0 heterocycles. The zero-order valence-corrected chi connectivity index (χ0v) is 13.3. The van der Waals surface area contributed by atoms with Gasteiger partial charge in [-0.2, -0.15) is 0 Å². The summed E-state index contributed by atoms with van der Waals surface area (Å²) in [6.07, 6.45) is 0.490. The SMILES string of the molecule is COC(=O)[C@H](CC(C)C)NC(=O)c1cccc(NC(C)=O)c1. The van der Waals surface area contributed by atoms with Crippen LogP contribution >= 0.6 is 0 Å². The first kappa shape index (κ1) is 17.7. The van der Waals surface area contributed by atoms with Gasteiger partial charge in [-0.15, -0.1) is 0 Å². The smallest absolute Gasteiger partial charge is 0.328 e. The molecule has 0 aromatic heterocycles. The number of rotatable bonds is 6. The van der Waals surface area contributed by atoms with Crippen molar-refractivity contribution in [3.63, 3.8) is 0 Å². The first-order chi connectivity index (χ1) is 10.3. The molecule has 1 rings (SSSR count). The van der Waals surface area contributed by atoms with E-state index in [2.05, 4.69) is 10.6 Å². The van der Waals surface area contributed by atoms with Crippen molar-refractivity contribution in [3.05, 3.63) is 29.8 Å². The van der Waals surface area contributed by atoms with Gasteiger partial charge in [0.25, 0.3) is 5.91 Å². The summed E-state index contributed by atoms with van der Waals surface area (Å²) in [6, 6.07) is 5.83. The molecule has 120 valence electrons. The van der Waals surface area contributed by atoms with E-state index in [1.54, 1.807) is 24.3 Å². The van der Waals surface area contributed by atoms with Crippen molar-refractivity contribution in [2.24, 2.45) is 5.92 Å². The first-order valence-electron chi connectivity index (χ1n) is 7.09. The second-order valence-electron chi connectivity index (χ2n) is 5.44. The van der Waals surface area contributed by atoms with Crippen LogP contribution in [0, 0.1) is 5.92 Å². The van der Waals surface area contributed by atoms with Gasteiger partial charge in [-0.25, -0.2) is 4.79 Å². The van der Waals surface area contributed by atoms with Crippen molar-refractivity contribution in [2.45, 2.75) is 33.2 Å². The first-order valence-corrected chi connectivity index (χ1v) is 7.09. The van der Waals surface area contributed by atoms with Gasteiger partial charge in [-0.3, -0.25) is 9.59 Å². The number of nitrogens with one attached hydrogen (secondary N) is 2. The zero-order chi connectivity index (χ0) is 16.7. The van der Waals surface area contributed by atoms with E-state index in [0.29, 0.717) is 17.7 Å². The molecule has 0 aliphatic heterocycles. The Hall–Kier alpha value is -2.37. The maximum atomic E-state index is 12.3. The number of ether oxygens (including phenoxy) is 1. The Labute approximate surface area is 130 Å². The number of anilines is 1. The quantitative estimate of drug-likeness (QED) is 0.787. The third-order valence-electron chi connectivity index (χ3n) is 2.94. The van der Waals surface area contributed by atoms with E-state index >= 15 is 0 Å². The second-order valence-corrected chi connectivity index (χ2v) is 5.44. The molecule has 0 spiro atoms. The van der Waals surface area contributed by atoms with Gasteiger partial charge in [0.2, 0.25) is 5.91 Å². The third kappa shape index (κ3) is 5.55. The number of esters is 1. The van der Waals surface area contributed by atoms with Crippen molar-refractivity contribution < 1.29 is 19.1 Å².